The van der Waals surface area contributed by atoms with Crippen LogP contribution in [0.25, 0.3) is 0 Å². The Morgan fingerprint density at radius 3 is 2.59 bits per heavy atom. The summed E-state index contributed by atoms with van der Waals surface area (Å²) in [4.78, 5) is 20.8. The maximum atomic E-state index is 11.9. The summed E-state index contributed by atoms with van der Waals surface area (Å²) in [5, 5.41) is 3.79. The number of pyridine rings is 1. The number of hydrogen-bond donors (Lipinski definition) is 1. The van der Waals surface area contributed by atoms with E-state index in [2.05, 4.69) is 26.2 Å². The molecule has 0 atom stereocenters. The first-order valence-electron chi connectivity index (χ1n) is 9.64. The van der Waals surface area contributed by atoms with E-state index in [-0.39, 0.29) is 5.91 Å². The van der Waals surface area contributed by atoms with E-state index in [1.54, 1.807) is 24.5 Å². The number of unbranched alkanes of at least 4 members (excludes halogenated alkanes) is 2. The first-order valence-corrected chi connectivity index (χ1v) is 10.0. The van der Waals surface area contributed by atoms with Gasteiger partial charge in [0.2, 0.25) is 0 Å². The van der Waals surface area contributed by atoms with Crippen molar-refractivity contribution in [3.8, 4) is 0 Å². The molecule has 1 aromatic carbocycles. The van der Waals surface area contributed by atoms with Crippen LogP contribution in [0.5, 0.6) is 0 Å². The Hall–Kier alpha value is -2.11. The SMILES string of the molecule is O=C(NCCCCCN1CCN(c2ccccc2Cl)CC1)c1cccnc1. The molecule has 0 saturated carbocycles. The smallest absolute Gasteiger partial charge is 0.252 e. The van der Waals surface area contributed by atoms with Gasteiger partial charge in [-0.3, -0.25) is 14.7 Å². The molecule has 1 fully saturated rings. The molecule has 2 heterocycles. The van der Waals surface area contributed by atoms with Crippen LogP contribution in [0, 0.1) is 0 Å². The molecule has 1 aliphatic rings. The molecule has 3 rings (SSSR count). The number of rotatable bonds is 8. The van der Waals surface area contributed by atoms with Crippen molar-refractivity contribution >= 4 is 23.2 Å². The molecule has 1 aromatic heterocycles. The Morgan fingerprint density at radius 2 is 1.85 bits per heavy atom. The quantitative estimate of drug-likeness (QED) is 0.706. The monoisotopic (exact) mass is 386 g/mol. The van der Waals surface area contributed by atoms with Crippen LogP contribution < -0.4 is 10.2 Å². The number of carbonyl (C=O) groups is 1. The van der Waals surface area contributed by atoms with Gasteiger partial charge in [0, 0.05) is 45.1 Å². The van der Waals surface area contributed by atoms with Crippen molar-refractivity contribution in [3.05, 3.63) is 59.4 Å². The fraction of sp³-hybridized carbons (Fsp3) is 0.429. The molecule has 1 saturated heterocycles. The maximum Gasteiger partial charge on any atom is 0.252 e. The molecule has 1 amide bonds. The van der Waals surface area contributed by atoms with E-state index in [1.807, 2.05) is 18.2 Å². The molecule has 144 valence electrons. The lowest BCUT2D eigenvalue weighted by Gasteiger charge is -2.36. The third-order valence-corrected chi connectivity index (χ3v) is 5.25. The van der Waals surface area contributed by atoms with Gasteiger partial charge >= 0.3 is 0 Å². The number of nitrogens with zero attached hydrogens (tertiary/aromatic N) is 3. The van der Waals surface area contributed by atoms with Crippen LogP contribution in [0.1, 0.15) is 29.6 Å². The molecule has 5 nitrogen and oxygen atoms in total. The molecule has 0 bridgehead atoms. The summed E-state index contributed by atoms with van der Waals surface area (Å²) in [6, 6.07) is 11.6. The van der Waals surface area contributed by atoms with E-state index in [0.29, 0.717) is 12.1 Å². The van der Waals surface area contributed by atoms with E-state index in [0.717, 1.165) is 62.7 Å². The minimum absolute atomic E-state index is 0.0428. The Bertz CT molecular complexity index is 717. The fourth-order valence-electron chi connectivity index (χ4n) is 3.36. The molecule has 0 aliphatic carbocycles. The van der Waals surface area contributed by atoms with Gasteiger partial charge in [-0.2, -0.15) is 0 Å². The number of benzene rings is 1. The summed E-state index contributed by atoms with van der Waals surface area (Å²) in [7, 11) is 0. The Kier molecular flexibility index (Phi) is 7.48. The summed E-state index contributed by atoms with van der Waals surface area (Å²) < 4.78 is 0. The highest BCUT2D eigenvalue weighted by Crippen LogP contribution is 2.26. The molecule has 2 aromatic rings. The number of halogens is 1. The van der Waals surface area contributed by atoms with Gasteiger partial charge in [0.05, 0.1) is 16.3 Å². The van der Waals surface area contributed by atoms with Crippen molar-refractivity contribution < 1.29 is 4.79 Å². The van der Waals surface area contributed by atoms with Crippen molar-refractivity contribution in [3.63, 3.8) is 0 Å². The Balaban J connectivity index is 1.27. The average Bonchev–Trinajstić information content (AvgIpc) is 2.72. The van der Waals surface area contributed by atoms with Gasteiger partial charge in [-0.1, -0.05) is 30.2 Å². The molecule has 0 radical (unpaired) electrons. The lowest BCUT2D eigenvalue weighted by molar-refractivity contribution is 0.0952. The van der Waals surface area contributed by atoms with E-state index in [9.17, 15) is 4.79 Å². The number of amides is 1. The standard InChI is InChI=1S/C21H27ClN4O/c22-19-8-2-3-9-20(19)26-15-13-25(14-16-26)12-5-1-4-11-24-21(27)18-7-6-10-23-17-18/h2-3,6-10,17H,1,4-5,11-16H2,(H,24,27). The van der Waals surface area contributed by atoms with Crippen LogP contribution in [0.15, 0.2) is 48.8 Å². The predicted molar refractivity (Wildman–Crippen MR) is 111 cm³/mol. The summed E-state index contributed by atoms with van der Waals surface area (Å²) in [6.07, 6.45) is 6.56. The zero-order chi connectivity index (χ0) is 18.9. The van der Waals surface area contributed by atoms with E-state index >= 15 is 0 Å². The van der Waals surface area contributed by atoms with Gasteiger partial charge in [-0.05, 0) is 43.7 Å². The number of anilines is 1. The summed E-state index contributed by atoms with van der Waals surface area (Å²) >= 11 is 6.30. The molecule has 27 heavy (non-hydrogen) atoms. The van der Waals surface area contributed by atoms with Crippen LogP contribution in [0.2, 0.25) is 5.02 Å². The third-order valence-electron chi connectivity index (χ3n) is 4.93. The van der Waals surface area contributed by atoms with Gasteiger partial charge in [0.1, 0.15) is 0 Å². The second-order valence-corrected chi connectivity index (χ2v) is 7.25. The summed E-state index contributed by atoms with van der Waals surface area (Å²) in [6.45, 7) is 6.02. The van der Waals surface area contributed by atoms with Gasteiger partial charge in [-0.25, -0.2) is 0 Å². The molecule has 0 spiro atoms. The largest absolute Gasteiger partial charge is 0.368 e. The minimum atomic E-state index is -0.0428. The predicted octanol–water partition coefficient (Wildman–Crippen LogP) is 3.46. The van der Waals surface area contributed by atoms with Gasteiger partial charge in [-0.15, -0.1) is 0 Å². The third kappa shape index (κ3) is 5.94. The lowest BCUT2D eigenvalue weighted by atomic mass is 10.2. The summed E-state index contributed by atoms with van der Waals surface area (Å²) in [5.74, 6) is -0.0428. The molecule has 6 heteroatoms. The highest BCUT2D eigenvalue weighted by atomic mass is 35.5. The molecular formula is C21H27ClN4O. The van der Waals surface area contributed by atoms with E-state index in [1.165, 1.54) is 0 Å². The summed E-state index contributed by atoms with van der Waals surface area (Å²) in [5.41, 5.74) is 1.76. The normalized spacial score (nSPS) is 14.9. The second-order valence-electron chi connectivity index (χ2n) is 6.84. The van der Waals surface area contributed by atoms with Crippen LogP contribution >= 0.6 is 11.6 Å². The molecular weight excluding hydrogens is 360 g/mol. The number of piperazine rings is 1. The highest BCUT2D eigenvalue weighted by molar-refractivity contribution is 6.33. The number of nitrogens with one attached hydrogen (secondary N) is 1. The molecule has 1 aliphatic heterocycles. The van der Waals surface area contributed by atoms with Gasteiger partial charge < -0.3 is 10.2 Å². The Morgan fingerprint density at radius 1 is 1.04 bits per heavy atom. The first-order chi connectivity index (χ1) is 13.2. The Labute approximate surface area is 166 Å². The number of carbonyl (C=O) groups excluding carboxylic acids is 1. The topological polar surface area (TPSA) is 48.5 Å². The number of hydrogen-bond acceptors (Lipinski definition) is 4. The lowest BCUT2D eigenvalue weighted by Crippen LogP contribution is -2.46. The van der Waals surface area contributed by atoms with Crippen LogP contribution in [0.4, 0.5) is 5.69 Å². The zero-order valence-corrected chi connectivity index (χ0v) is 16.4. The minimum Gasteiger partial charge on any atom is -0.368 e. The zero-order valence-electron chi connectivity index (χ0n) is 15.6. The average molecular weight is 387 g/mol. The van der Waals surface area contributed by atoms with Crippen LogP contribution in [-0.2, 0) is 0 Å². The fourth-order valence-corrected chi connectivity index (χ4v) is 3.61. The van der Waals surface area contributed by atoms with E-state index in [4.69, 9.17) is 11.6 Å². The number of para-hydroxylation sites is 1. The van der Waals surface area contributed by atoms with Crippen molar-refractivity contribution in [1.29, 1.82) is 0 Å². The van der Waals surface area contributed by atoms with Gasteiger partial charge in [0.25, 0.3) is 5.91 Å². The number of aromatic nitrogens is 1. The van der Waals surface area contributed by atoms with Crippen molar-refractivity contribution in [2.24, 2.45) is 0 Å². The van der Waals surface area contributed by atoms with Crippen molar-refractivity contribution in [2.75, 3.05) is 44.2 Å². The van der Waals surface area contributed by atoms with Gasteiger partial charge in [0.15, 0.2) is 0 Å². The van der Waals surface area contributed by atoms with Crippen molar-refractivity contribution in [2.45, 2.75) is 19.3 Å². The molecule has 1 N–H and O–H groups in total. The second kappa shape index (κ2) is 10.3. The molecule has 0 unspecified atom stereocenters. The first kappa shape index (κ1) is 19.6. The maximum absolute atomic E-state index is 11.9. The van der Waals surface area contributed by atoms with Crippen molar-refractivity contribution in [1.82, 2.24) is 15.2 Å². The van der Waals surface area contributed by atoms with Crippen LogP contribution in [0.3, 0.4) is 0 Å². The highest BCUT2D eigenvalue weighted by Gasteiger charge is 2.18. The van der Waals surface area contributed by atoms with E-state index < -0.39 is 0 Å². The van der Waals surface area contributed by atoms with Crippen LogP contribution in [-0.4, -0.2) is 55.1 Å².